The molecule has 1 heterocycles. The fourth-order valence-electron chi connectivity index (χ4n) is 2.32. The number of nitrogens with one attached hydrogen (secondary N) is 3. The number of methoxy groups -OCH3 is 1. The van der Waals surface area contributed by atoms with Crippen molar-refractivity contribution in [3.8, 4) is 0 Å². The van der Waals surface area contributed by atoms with Crippen LogP contribution in [0.4, 0.5) is 0 Å². The largest absolute Gasteiger partial charge is 0.385 e. The SMILES string of the molecule is CCCNCCNC(=O)C1(CCOC)CCNC1. The Hall–Kier alpha value is -0.650. The van der Waals surface area contributed by atoms with Crippen molar-refractivity contribution in [2.45, 2.75) is 26.2 Å². The van der Waals surface area contributed by atoms with E-state index >= 15 is 0 Å². The molecule has 0 aliphatic carbocycles. The molecule has 0 bridgehead atoms. The Morgan fingerprint density at radius 3 is 2.83 bits per heavy atom. The highest BCUT2D eigenvalue weighted by Gasteiger charge is 2.40. The summed E-state index contributed by atoms with van der Waals surface area (Å²) in [6, 6.07) is 0. The summed E-state index contributed by atoms with van der Waals surface area (Å²) in [7, 11) is 1.68. The molecule has 1 aliphatic rings. The summed E-state index contributed by atoms with van der Waals surface area (Å²) in [4.78, 5) is 12.3. The molecule has 0 spiro atoms. The van der Waals surface area contributed by atoms with Crippen molar-refractivity contribution in [3.05, 3.63) is 0 Å². The van der Waals surface area contributed by atoms with Crippen molar-refractivity contribution < 1.29 is 9.53 Å². The summed E-state index contributed by atoms with van der Waals surface area (Å²) < 4.78 is 5.12. The van der Waals surface area contributed by atoms with E-state index in [4.69, 9.17) is 4.74 Å². The Balaban J connectivity index is 2.31. The van der Waals surface area contributed by atoms with E-state index < -0.39 is 0 Å². The molecule has 0 radical (unpaired) electrons. The molecule has 1 unspecified atom stereocenters. The Labute approximate surface area is 110 Å². The van der Waals surface area contributed by atoms with Crippen LogP contribution in [0.3, 0.4) is 0 Å². The lowest BCUT2D eigenvalue weighted by atomic mass is 9.83. The number of carbonyl (C=O) groups is 1. The number of hydrogen-bond donors (Lipinski definition) is 3. The Bertz CT molecular complexity index is 240. The first-order valence-corrected chi connectivity index (χ1v) is 6.94. The van der Waals surface area contributed by atoms with E-state index in [-0.39, 0.29) is 11.3 Å². The topological polar surface area (TPSA) is 62.4 Å². The zero-order valence-electron chi connectivity index (χ0n) is 11.7. The fraction of sp³-hybridized carbons (Fsp3) is 0.923. The van der Waals surface area contributed by atoms with Crippen LogP contribution in [0.15, 0.2) is 0 Å². The van der Waals surface area contributed by atoms with E-state index in [1.807, 2.05) is 0 Å². The van der Waals surface area contributed by atoms with Crippen LogP contribution in [-0.4, -0.2) is 52.3 Å². The molecule has 1 aliphatic heterocycles. The number of rotatable bonds is 9. The smallest absolute Gasteiger partial charge is 0.227 e. The highest BCUT2D eigenvalue weighted by Crippen LogP contribution is 2.29. The number of carbonyl (C=O) groups excluding carboxylic acids is 1. The van der Waals surface area contributed by atoms with Gasteiger partial charge in [-0.2, -0.15) is 0 Å². The van der Waals surface area contributed by atoms with Crippen molar-refractivity contribution in [2.24, 2.45) is 5.41 Å². The predicted octanol–water partition coefficient (Wildman–Crippen LogP) is 0.118. The van der Waals surface area contributed by atoms with Gasteiger partial charge in [0, 0.05) is 33.4 Å². The fourth-order valence-corrected chi connectivity index (χ4v) is 2.32. The average molecular weight is 257 g/mol. The van der Waals surface area contributed by atoms with Gasteiger partial charge in [0.05, 0.1) is 5.41 Å². The summed E-state index contributed by atoms with van der Waals surface area (Å²) in [5, 5.41) is 9.60. The molecule has 1 atom stereocenters. The maximum Gasteiger partial charge on any atom is 0.227 e. The van der Waals surface area contributed by atoms with Gasteiger partial charge in [-0.15, -0.1) is 0 Å². The third-order valence-electron chi connectivity index (χ3n) is 3.52. The second-order valence-electron chi connectivity index (χ2n) is 4.96. The minimum Gasteiger partial charge on any atom is -0.385 e. The first kappa shape index (κ1) is 15.4. The summed E-state index contributed by atoms with van der Waals surface area (Å²) in [6.45, 7) is 7.02. The molecular weight excluding hydrogens is 230 g/mol. The molecule has 5 heteroatoms. The molecular formula is C13H27N3O2. The summed E-state index contributed by atoms with van der Waals surface area (Å²) in [5.41, 5.74) is -0.263. The van der Waals surface area contributed by atoms with E-state index in [2.05, 4.69) is 22.9 Å². The van der Waals surface area contributed by atoms with Crippen molar-refractivity contribution in [3.63, 3.8) is 0 Å². The zero-order chi connectivity index (χ0) is 13.3. The molecule has 0 aromatic heterocycles. The van der Waals surface area contributed by atoms with E-state index in [0.29, 0.717) is 13.2 Å². The van der Waals surface area contributed by atoms with E-state index in [0.717, 1.165) is 45.4 Å². The lowest BCUT2D eigenvalue weighted by Gasteiger charge is -2.26. The van der Waals surface area contributed by atoms with Gasteiger partial charge in [0.1, 0.15) is 0 Å². The molecule has 0 aromatic carbocycles. The maximum absolute atomic E-state index is 12.3. The molecule has 1 fully saturated rings. The quantitative estimate of drug-likeness (QED) is 0.513. The first-order chi connectivity index (χ1) is 8.75. The minimum atomic E-state index is -0.263. The molecule has 1 amide bonds. The predicted molar refractivity (Wildman–Crippen MR) is 72.6 cm³/mol. The van der Waals surface area contributed by atoms with Crippen LogP contribution in [0, 0.1) is 5.41 Å². The standard InChI is InChI=1S/C13H27N3O2/c1-3-6-14-8-9-16-12(17)13(5-10-18-2)4-7-15-11-13/h14-15H,3-11H2,1-2H3,(H,16,17). The van der Waals surface area contributed by atoms with Crippen LogP contribution in [0.1, 0.15) is 26.2 Å². The van der Waals surface area contributed by atoms with E-state index in [1.54, 1.807) is 7.11 Å². The van der Waals surface area contributed by atoms with Crippen LogP contribution < -0.4 is 16.0 Å². The van der Waals surface area contributed by atoms with Crippen LogP contribution in [-0.2, 0) is 9.53 Å². The second-order valence-corrected chi connectivity index (χ2v) is 4.96. The molecule has 106 valence electrons. The van der Waals surface area contributed by atoms with Gasteiger partial charge in [0.15, 0.2) is 0 Å². The molecule has 0 saturated carbocycles. The first-order valence-electron chi connectivity index (χ1n) is 6.94. The van der Waals surface area contributed by atoms with Gasteiger partial charge in [-0.1, -0.05) is 6.92 Å². The lowest BCUT2D eigenvalue weighted by Crippen LogP contribution is -2.45. The van der Waals surface area contributed by atoms with Crippen LogP contribution in [0.2, 0.25) is 0 Å². The number of amides is 1. The van der Waals surface area contributed by atoms with Crippen molar-refractivity contribution >= 4 is 5.91 Å². The minimum absolute atomic E-state index is 0.169. The maximum atomic E-state index is 12.3. The van der Waals surface area contributed by atoms with Gasteiger partial charge in [-0.25, -0.2) is 0 Å². The summed E-state index contributed by atoms with van der Waals surface area (Å²) >= 11 is 0. The van der Waals surface area contributed by atoms with Crippen LogP contribution in [0.25, 0.3) is 0 Å². The van der Waals surface area contributed by atoms with Gasteiger partial charge >= 0.3 is 0 Å². The Morgan fingerprint density at radius 1 is 1.39 bits per heavy atom. The zero-order valence-corrected chi connectivity index (χ0v) is 11.7. The average Bonchev–Trinajstić information content (AvgIpc) is 2.86. The number of hydrogen-bond acceptors (Lipinski definition) is 4. The van der Waals surface area contributed by atoms with Crippen molar-refractivity contribution in [1.29, 1.82) is 0 Å². The molecule has 1 rings (SSSR count). The molecule has 5 nitrogen and oxygen atoms in total. The highest BCUT2D eigenvalue weighted by molar-refractivity contribution is 5.83. The summed E-state index contributed by atoms with van der Waals surface area (Å²) in [5.74, 6) is 0.169. The van der Waals surface area contributed by atoms with Gasteiger partial charge in [0.25, 0.3) is 0 Å². The second kappa shape index (κ2) is 8.45. The van der Waals surface area contributed by atoms with Gasteiger partial charge in [-0.05, 0) is 32.4 Å². The Morgan fingerprint density at radius 2 is 2.22 bits per heavy atom. The molecule has 0 aromatic rings. The van der Waals surface area contributed by atoms with Gasteiger partial charge in [0.2, 0.25) is 5.91 Å². The van der Waals surface area contributed by atoms with Crippen LogP contribution in [0.5, 0.6) is 0 Å². The third-order valence-corrected chi connectivity index (χ3v) is 3.52. The molecule has 18 heavy (non-hydrogen) atoms. The molecule has 3 N–H and O–H groups in total. The van der Waals surface area contributed by atoms with E-state index in [9.17, 15) is 4.79 Å². The van der Waals surface area contributed by atoms with Crippen LogP contribution >= 0.6 is 0 Å². The normalized spacial score (nSPS) is 23.2. The monoisotopic (exact) mass is 257 g/mol. The van der Waals surface area contributed by atoms with Crippen molar-refractivity contribution in [2.75, 3.05) is 46.4 Å². The van der Waals surface area contributed by atoms with E-state index in [1.165, 1.54) is 0 Å². The van der Waals surface area contributed by atoms with Crippen molar-refractivity contribution in [1.82, 2.24) is 16.0 Å². The molecule has 1 saturated heterocycles. The number of ether oxygens (including phenoxy) is 1. The Kier molecular flexibility index (Phi) is 7.23. The third kappa shape index (κ3) is 4.55. The lowest BCUT2D eigenvalue weighted by molar-refractivity contribution is -0.131. The van der Waals surface area contributed by atoms with Gasteiger partial charge < -0.3 is 20.7 Å². The summed E-state index contributed by atoms with van der Waals surface area (Å²) in [6.07, 6.45) is 2.82. The highest BCUT2D eigenvalue weighted by atomic mass is 16.5. The van der Waals surface area contributed by atoms with Gasteiger partial charge in [-0.3, -0.25) is 4.79 Å².